The van der Waals surface area contributed by atoms with E-state index in [0.717, 1.165) is 0 Å². The van der Waals surface area contributed by atoms with Crippen LogP contribution in [0, 0.1) is 5.92 Å². The predicted octanol–water partition coefficient (Wildman–Crippen LogP) is 3.91. The Morgan fingerprint density at radius 1 is 1.45 bits per heavy atom. The van der Waals surface area contributed by atoms with E-state index >= 15 is 0 Å². The lowest BCUT2D eigenvalue weighted by atomic mass is 9.87. The maximum Gasteiger partial charge on any atom is 0.534 e. The van der Waals surface area contributed by atoms with Crippen LogP contribution in [0.3, 0.4) is 0 Å². The van der Waals surface area contributed by atoms with Gasteiger partial charge >= 0.3 is 15.6 Å². The molecule has 1 aliphatic carbocycles. The predicted molar refractivity (Wildman–Crippen MR) is 76.3 cm³/mol. The molecule has 0 heterocycles. The highest BCUT2D eigenvalue weighted by atomic mass is 32.2. The number of alkyl halides is 3. The minimum Gasteiger partial charge on any atom is -0.381 e. The number of hydrogen-bond acceptors (Lipinski definition) is 4. The quantitative estimate of drug-likeness (QED) is 0.400. The monoisotopic (exact) mass is 342 g/mol. The second-order valence-electron chi connectivity index (χ2n) is 5.71. The summed E-state index contributed by atoms with van der Waals surface area (Å²) in [4.78, 5) is 0. The van der Waals surface area contributed by atoms with Gasteiger partial charge in [0.1, 0.15) is 5.76 Å². The molecule has 0 aromatic carbocycles. The van der Waals surface area contributed by atoms with E-state index in [0.29, 0.717) is 25.9 Å². The van der Waals surface area contributed by atoms with Crippen LogP contribution in [-0.4, -0.2) is 26.1 Å². The molecule has 1 unspecified atom stereocenters. The van der Waals surface area contributed by atoms with E-state index in [1.54, 1.807) is 6.08 Å². The van der Waals surface area contributed by atoms with Crippen LogP contribution in [0.1, 0.15) is 39.5 Å². The average Bonchev–Trinajstić information content (AvgIpc) is 2.35. The van der Waals surface area contributed by atoms with Gasteiger partial charge < -0.3 is 8.92 Å². The van der Waals surface area contributed by atoms with Crippen LogP contribution in [-0.2, 0) is 19.0 Å². The molecule has 1 rings (SSSR count). The molecule has 0 N–H and O–H groups in total. The molecule has 0 spiro atoms. The molecule has 0 saturated carbocycles. The Bertz CT molecular complexity index is 523. The number of halogens is 3. The van der Waals surface area contributed by atoms with Gasteiger partial charge in [0.05, 0.1) is 12.2 Å². The lowest BCUT2D eigenvalue weighted by Gasteiger charge is -2.34. The SMILES string of the molecule is C=CCC1(OCC(C)C)C=C(OS(=O)(=O)C(F)(F)F)CCC1. The Balaban J connectivity index is 3.00. The molecule has 0 aromatic heterocycles. The zero-order valence-corrected chi connectivity index (χ0v) is 13.5. The zero-order chi connectivity index (χ0) is 17.0. The van der Waals surface area contributed by atoms with Crippen molar-refractivity contribution < 1.29 is 30.5 Å². The van der Waals surface area contributed by atoms with Gasteiger partial charge in [-0.1, -0.05) is 19.9 Å². The maximum absolute atomic E-state index is 12.4. The standard InChI is InChI=1S/C14H21F3O4S/c1-4-7-13(20-10-11(2)3)8-5-6-12(9-13)21-22(18,19)14(15,16)17/h4,9,11H,1,5-8,10H2,2-3H3. The highest BCUT2D eigenvalue weighted by Crippen LogP contribution is 2.36. The number of ether oxygens (including phenoxy) is 1. The van der Waals surface area contributed by atoms with Crippen LogP contribution in [0.25, 0.3) is 0 Å². The molecule has 0 amide bonds. The van der Waals surface area contributed by atoms with Crippen LogP contribution in [0.5, 0.6) is 0 Å². The van der Waals surface area contributed by atoms with Crippen molar-refractivity contribution in [1.82, 2.24) is 0 Å². The molecule has 128 valence electrons. The minimum absolute atomic E-state index is 0.124. The van der Waals surface area contributed by atoms with Gasteiger partial charge in [-0.25, -0.2) is 0 Å². The summed E-state index contributed by atoms with van der Waals surface area (Å²) in [6, 6.07) is 0. The number of rotatable bonds is 7. The molecule has 0 radical (unpaired) electrons. The van der Waals surface area contributed by atoms with E-state index in [9.17, 15) is 21.6 Å². The summed E-state index contributed by atoms with van der Waals surface area (Å²) in [6.45, 7) is 7.91. The summed E-state index contributed by atoms with van der Waals surface area (Å²) in [7, 11) is -5.64. The highest BCUT2D eigenvalue weighted by Gasteiger charge is 2.49. The molecule has 8 heteroatoms. The largest absolute Gasteiger partial charge is 0.534 e. The highest BCUT2D eigenvalue weighted by molar-refractivity contribution is 7.87. The molecule has 0 aliphatic heterocycles. The molecule has 0 aromatic rings. The van der Waals surface area contributed by atoms with Crippen molar-refractivity contribution >= 4 is 10.1 Å². The molecular formula is C14H21F3O4S. The third-order valence-corrected chi connectivity index (χ3v) is 4.14. The average molecular weight is 342 g/mol. The van der Waals surface area contributed by atoms with Crippen molar-refractivity contribution in [1.29, 1.82) is 0 Å². The molecule has 1 aliphatic rings. The van der Waals surface area contributed by atoms with Crippen LogP contribution in [0.15, 0.2) is 24.5 Å². The van der Waals surface area contributed by atoms with Crippen molar-refractivity contribution in [2.75, 3.05) is 6.61 Å². The Morgan fingerprint density at radius 3 is 2.59 bits per heavy atom. The summed E-state index contributed by atoms with van der Waals surface area (Å²) < 4.78 is 69.4. The Labute approximate surface area is 129 Å². The zero-order valence-electron chi connectivity index (χ0n) is 12.6. The third kappa shape index (κ3) is 5.01. The first-order valence-corrected chi connectivity index (χ1v) is 8.39. The van der Waals surface area contributed by atoms with Gasteiger partial charge in [0.25, 0.3) is 0 Å². The number of allylic oxidation sites excluding steroid dienone is 1. The van der Waals surface area contributed by atoms with Crippen molar-refractivity contribution in [2.45, 2.75) is 50.6 Å². The van der Waals surface area contributed by atoms with E-state index < -0.39 is 21.2 Å². The Morgan fingerprint density at radius 2 is 2.09 bits per heavy atom. The van der Waals surface area contributed by atoms with Crippen LogP contribution in [0.4, 0.5) is 13.2 Å². The van der Waals surface area contributed by atoms with Gasteiger partial charge in [0.2, 0.25) is 0 Å². The van der Waals surface area contributed by atoms with E-state index in [2.05, 4.69) is 10.8 Å². The van der Waals surface area contributed by atoms with Crippen molar-refractivity contribution in [3.05, 3.63) is 24.5 Å². The lowest BCUT2D eigenvalue weighted by molar-refractivity contribution is -0.0542. The van der Waals surface area contributed by atoms with E-state index in [1.807, 2.05) is 13.8 Å². The summed E-state index contributed by atoms with van der Waals surface area (Å²) >= 11 is 0. The summed E-state index contributed by atoms with van der Waals surface area (Å²) in [5, 5.41) is 0. The molecule has 0 bridgehead atoms. The fourth-order valence-corrected chi connectivity index (χ4v) is 2.67. The first kappa shape index (κ1) is 19.0. The van der Waals surface area contributed by atoms with Gasteiger partial charge in [0.15, 0.2) is 0 Å². The molecule has 1 atom stereocenters. The van der Waals surface area contributed by atoms with Crippen LogP contribution in [0.2, 0.25) is 0 Å². The van der Waals surface area contributed by atoms with Gasteiger partial charge in [-0.15, -0.1) is 6.58 Å². The first-order valence-electron chi connectivity index (χ1n) is 6.99. The summed E-state index contributed by atoms with van der Waals surface area (Å²) in [5.74, 6) is 0.00877. The van der Waals surface area contributed by atoms with Gasteiger partial charge in [-0.2, -0.15) is 21.6 Å². The minimum atomic E-state index is -5.64. The van der Waals surface area contributed by atoms with Crippen molar-refractivity contribution in [3.8, 4) is 0 Å². The smallest absolute Gasteiger partial charge is 0.381 e. The molecule has 0 fully saturated rings. The van der Waals surface area contributed by atoms with Crippen molar-refractivity contribution in [2.24, 2.45) is 5.92 Å². The fourth-order valence-electron chi connectivity index (χ4n) is 2.16. The van der Waals surface area contributed by atoms with Crippen molar-refractivity contribution in [3.63, 3.8) is 0 Å². The van der Waals surface area contributed by atoms with E-state index in [1.165, 1.54) is 6.08 Å². The van der Waals surface area contributed by atoms with Gasteiger partial charge in [-0.3, -0.25) is 0 Å². The molecule has 4 nitrogen and oxygen atoms in total. The summed E-state index contributed by atoms with van der Waals surface area (Å²) in [5.41, 5.74) is -6.30. The third-order valence-electron chi connectivity index (χ3n) is 3.14. The fraction of sp³-hybridized carbons (Fsp3) is 0.714. The maximum atomic E-state index is 12.4. The Hall–Kier alpha value is -1.02. The van der Waals surface area contributed by atoms with E-state index in [-0.39, 0.29) is 18.1 Å². The molecule has 22 heavy (non-hydrogen) atoms. The lowest BCUT2D eigenvalue weighted by Crippen LogP contribution is -2.35. The van der Waals surface area contributed by atoms with Crippen LogP contribution < -0.4 is 0 Å². The van der Waals surface area contributed by atoms with Gasteiger partial charge in [-0.05, 0) is 31.3 Å². The number of hydrogen-bond donors (Lipinski definition) is 0. The molecular weight excluding hydrogens is 321 g/mol. The normalized spacial score (nSPS) is 23.3. The van der Waals surface area contributed by atoms with Gasteiger partial charge in [0, 0.05) is 6.42 Å². The topological polar surface area (TPSA) is 52.6 Å². The molecule has 0 saturated heterocycles. The second-order valence-corrected chi connectivity index (χ2v) is 7.25. The van der Waals surface area contributed by atoms with Crippen LogP contribution >= 0.6 is 0 Å². The first-order chi connectivity index (χ1) is 10.0. The second kappa shape index (κ2) is 7.04. The summed E-state index contributed by atoms with van der Waals surface area (Å²) in [6.07, 6.45) is 4.50. The van der Waals surface area contributed by atoms with E-state index in [4.69, 9.17) is 4.74 Å². The Kier molecular flexibility index (Phi) is 6.09.